The van der Waals surface area contributed by atoms with Crippen LogP contribution in [-0.4, -0.2) is 22.6 Å². The van der Waals surface area contributed by atoms with Crippen LogP contribution in [0.1, 0.15) is 24.1 Å². The number of nitrogens with two attached hydrogens (primary N) is 1. The van der Waals surface area contributed by atoms with Crippen molar-refractivity contribution in [2.75, 3.05) is 13.2 Å². The van der Waals surface area contributed by atoms with E-state index in [1.165, 1.54) is 12.8 Å². The van der Waals surface area contributed by atoms with Crippen LogP contribution in [0.2, 0.25) is 0 Å². The van der Waals surface area contributed by atoms with E-state index in [0.717, 1.165) is 36.5 Å². The summed E-state index contributed by atoms with van der Waals surface area (Å²) in [5.74, 6) is 0.616. The molecule has 0 amide bonds. The van der Waals surface area contributed by atoms with Gasteiger partial charge in [-0.2, -0.15) is 0 Å². The Morgan fingerprint density at radius 2 is 2.44 bits per heavy atom. The lowest BCUT2D eigenvalue weighted by Crippen LogP contribution is -2.19. The molecule has 2 N–H and O–H groups in total. The van der Waals surface area contributed by atoms with E-state index in [2.05, 4.69) is 10.6 Å². The third-order valence-electron chi connectivity index (χ3n) is 3.59. The molecule has 96 valence electrons. The van der Waals surface area contributed by atoms with Crippen molar-refractivity contribution in [3.63, 3.8) is 0 Å². The number of aromatic nitrogens is 2. The van der Waals surface area contributed by atoms with Gasteiger partial charge in [-0.15, -0.1) is 0 Å². The average Bonchev–Trinajstić information content (AvgIpc) is 2.82. The van der Waals surface area contributed by atoms with Gasteiger partial charge in [-0.25, -0.2) is 4.98 Å². The van der Waals surface area contributed by atoms with Crippen LogP contribution in [0.15, 0.2) is 24.5 Å². The lowest BCUT2D eigenvalue weighted by atomic mass is 9.97. The van der Waals surface area contributed by atoms with E-state index in [0.29, 0.717) is 12.5 Å². The van der Waals surface area contributed by atoms with E-state index in [1.54, 1.807) is 0 Å². The molecule has 1 atom stereocenters. The molecule has 1 fully saturated rings. The molecular formula is C14H19N3O. The molecule has 1 saturated heterocycles. The van der Waals surface area contributed by atoms with Crippen molar-refractivity contribution in [1.29, 1.82) is 0 Å². The first-order chi connectivity index (χ1) is 8.86. The predicted molar refractivity (Wildman–Crippen MR) is 70.3 cm³/mol. The second kappa shape index (κ2) is 5.08. The fourth-order valence-electron chi connectivity index (χ4n) is 2.64. The third-order valence-corrected chi connectivity index (χ3v) is 3.59. The Balaban J connectivity index is 1.84. The number of rotatable bonds is 3. The average molecular weight is 245 g/mol. The van der Waals surface area contributed by atoms with Crippen LogP contribution in [-0.2, 0) is 17.7 Å². The molecule has 0 bridgehead atoms. The van der Waals surface area contributed by atoms with Crippen molar-refractivity contribution >= 4 is 5.65 Å². The van der Waals surface area contributed by atoms with Crippen LogP contribution < -0.4 is 5.73 Å². The smallest absolute Gasteiger partial charge is 0.141 e. The van der Waals surface area contributed by atoms with E-state index in [9.17, 15) is 0 Å². The summed E-state index contributed by atoms with van der Waals surface area (Å²) in [4.78, 5) is 4.71. The van der Waals surface area contributed by atoms with E-state index < -0.39 is 0 Å². The van der Waals surface area contributed by atoms with Gasteiger partial charge in [0.2, 0.25) is 0 Å². The summed E-state index contributed by atoms with van der Waals surface area (Å²) in [6.45, 7) is 2.32. The highest BCUT2D eigenvalue weighted by Crippen LogP contribution is 2.19. The summed E-state index contributed by atoms with van der Waals surface area (Å²) in [7, 11) is 0. The van der Waals surface area contributed by atoms with Gasteiger partial charge in [0.1, 0.15) is 5.65 Å². The van der Waals surface area contributed by atoms with Crippen LogP contribution in [0, 0.1) is 5.92 Å². The van der Waals surface area contributed by atoms with Crippen LogP contribution in [0.5, 0.6) is 0 Å². The van der Waals surface area contributed by atoms with Gasteiger partial charge in [0.25, 0.3) is 0 Å². The second-order valence-corrected chi connectivity index (χ2v) is 4.99. The van der Waals surface area contributed by atoms with Gasteiger partial charge in [0, 0.05) is 37.7 Å². The molecule has 2 aromatic rings. The van der Waals surface area contributed by atoms with E-state index in [-0.39, 0.29) is 0 Å². The highest BCUT2D eigenvalue weighted by Gasteiger charge is 2.16. The minimum absolute atomic E-state index is 0.535. The molecule has 1 aliphatic heterocycles. The van der Waals surface area contributed by atoms with E-state index in [1.807, 2.05) is 18.3 Å². The molecule has 0 spiro atoms. The molecule has 2 aromatic heterocycles. The lowest BCUT2D eigenvalue weighted by molar-refractivity contribution is 0.0547. The molecule has 1 unspecified atom stereocenters. The molecule has 0 radical (unpaired) electrons. The predicted octanol–water partition coefficient (Wildman–Crippen LogP) is 1.76. The largest absolute Gasteiger partial charge is 0.381 e. The first kappa shape index (κ1) is 11.7. The lowest BCUT2D eigenvalue weighted by Gasteiger charge is -2.20. The monoisotopic (exact) mass is 245 g/mol. The highest BCUT2D eigenvalue weighted by atomic mass is 16.5. The SMILES string of the molecule is NCc1cccn2cc(CC3CCCOC3)nc12. The normalized spacial score (nSPS) is 20.4. The van der Waals surface area contributed by atoms with E-state index in [4.69, 9.17) is 15.5 Å². The van der Waals surface area contributed by atoms with Gasteiger partial charge in [0.15, 0.2) is 0 Å². The maximum Gasteiger partial charge on any atom is 0.141 e. The minimum Gasteiger partial charge on any atom is -0.381 e. The molecule has 4 nitrogen and oxygen atoms in total. The summed E-state index contributed by atoms with van der Waals surface area (Å²) < 4.78 is 7.59. The van der Waals surface area contributed by atoms with Crippen LogP contribution in [0.4, 0.5) is 0 Å². The van der Waals surface area contributed by atoms with Gasteiger partial charge in [-0.05, 0) is 31.2 Å². The molecule has 0 aliphatic carbocycles. The van der Waals surface area contributed by atoms with Gasteiger partial charge in [-0.3, -0.25) is 0 Å². The number of hydrogen-bond acceptors (Lipinski definition) is 3. The van der Waals surface area contributed by atoms with Crippen molar-refractivity contribution in [3.8, 4) is 0 Å². The standard InChI is InChI=1S/C14H19N3O/c15-8-12-4-1-5-17-9-13(16-14(12)17)7-11-3-2-6-18-10-11/h1,4-5,9,11H,2-3,6-8,10,15H2. The van der Waals surface area contributed by atoms with Gasteiger partial charge in [-0.1, -0.05) is 6.07 Å². The van der Waals surface area contributed by atoms with Crippen molar-refractivity contribution in [1.82, 2.24) is 9.38 Å². The van der Waals surface area contributed by atoms with Crippen molar-refractivity contribution in [3.05, 3.63) is 35.8 Å². The zero-order valence-electron chi connectivity index (χ0n) is 10.5. The molecule has 0 aromatic carbocycles. The van der Waals surface area contributed by atoms with Crippen LogP contribution in [0.3, 0.4) is 0 Å². The van der Waals surface area contributed by atoms with Crippen LogP contribution >= 0.6 is 0 Å². The molecule has 18 heavy (non-hydrogen) atoms. The zero-order chi connectivity index (χ0) is 12.4. The third kappa shape index (κ3) is 2.26. The first-order valence-electron chi connectivity index (χ1n) is 6.60. The summed E-state index contributed by atoms with van der Waals surface area (Å²) in [6.07, 6.45) is 7.57. The number of imidazole rings is 1. The molecule has 3 rings (SSSR count). The maximum atomic E-state index is 5.74. The summed E-state index contributed by atoms with van der Waals surface area (Å²) in [6, 6.07) is 4.06. The number of fused-ring (bicyclic) bond motifs is 1. The molecule has 0 saturated carbocycles. The van der Waals surface area contributed by atoms with Gasteiger partial charge < -0.3 is 14.9 Å². The fourth-order valence-corrected chi connectivity index (χ4v) is 2.64. The Hall–Kier alpha value is -1.39. The highest BCUT2D eigenvalue weighted by molar-refractivity contribution is 5.48. The molecule has 1 aliphatic rings. The Morgan fingerprint density at radius 3 is 3.22 bits per heavy atom. The molecule has 3 heterocycles. The Morgan fingerprint density at radius 1 is 1.50 bits per heavy atom. The number of hydrogen-bond donors (Lipinski definition) is 1. The molecule has 4 heteroatoms. The second-order valence-electron chi connectivity index (χ2n) is 4.99. The minimum atomic E-state index is 0.535. The summed E-state index contributed by atoms with van der Waals surface area (Å²) >= 11 is 0. The van der Waals surface area contributed by atoms with E-state index >= 15 is 0 Å². The van der Waals surface area contributed by atoms with Crippen molar-refractivity contribution in [2.45, 2.75) is 25.8 Å². The number of pyridine rings is 1. The topological polar surface area (TPSA) is 52.5 Å². The Labute approximate surface area is 107 Å². The van der Waals surface area contributed by atoms with Crippen LogP contribution in [0.25, 0.3) is 5.65 Å². The zero-order valence-corrected chi connectivity index (χ0v) is 10.5. The first-order valence-corrected chi connectivity index (χ1v) is 6.60. The quantitative estimate of drug-likeness (QED) is 0.896. The molecular weight excluding hydrogens is 226 g/mol. The maximum absolute atomic E-state index is 5.74. The van der Waals surface area contributed by atoms with Gasteiger partial charge in [0.05, 0.1) is 5.69 Å². The van der Waals surface area contributed by atoms with Crippen molar-refractivity contribution in [2.24, 2.45) is 11.7 Å². The number of nitrogens with zero attached hydrogens (tertiary/aromatic N) is 2. The summed E-state index contributed by atoms with van der Waals surface area (Å²) in [5, 5.41) is 0. The number of ether oxygens (including phenoxy) is 1. The fraction of sp³-hybridized carbons (Fsp3) is 0.500. The summed E-state index contributed by atoms with van der Waals surface area (Å²) in [5.41, 5.74) is 8.97. The Bertz CT molecular complexity index is 529. The Kier molecular flexibility index (Phi) is 3.30. The van der Waals surface area contributed by atoms with Crippen molar-refractivity contribution < 1.29 is 4.74 Å². The van der Waals surface area contributed by atoms with Gasteiger partial charge >= 0.3 is 0 Å².